The Morgan fingerprint density at radius 2 is 1.65 bits per heavy atom. The van der Waals surface area contributed by atoms with Crippen LogP contribution in [-0.4, -0.2) is 0 Å². The molecule has 0 aromatic heterocycles. The van der Waals surface area contributed by atoms with E-state index >= 15 is 0 Å². The van der Waals surface area contributed by atoms with E-state index in [1.54, 1.807) is 0 Å². The second-order valence-electron chi connectivity index (χ2n) is 4.16. The third-order valence-corrected chi connectivity index (χ3v) is 3.05. The van der Waals surface area contributed by atoms with Crippen LogP contribution in [0.15, 0.2) is 42.5 Å². The zero-order valence-corrected chi connectivity index (χ0v) is 10.8. The molecule has 2 aromatic rings. The third kappa shape index (κ3) is 3.24. The molecule has 2 aromatic carbocycles. The van der Waals surface area contributed by atoms with Crippen molar-refractivity contribution in [2.75, 3.05) is 0 Å². The summed E-state index contributed by atoms with van der Waals surface area (Å²) in [6.45, 7) is 4.75. The van der Waals surface area contributed by atoms with Crippen LogP contribution in [0.1, 0.15) is 16.7 Å². The van der Waals surface area contributed by atoms with Gasteiger partial charge in [0.2, 0.25) is 0 Å². The molecule has 88 valence electrons. The standard InChI is InChI=1S/C15H15ClO/c1-11-3-8-15(9-12(11)2)17-10-13-4-6-14(16)7-5-13/h3-9H,10H2,1-2H3. The van der Waals surface area contributed by atoms with Crippen LogP contribution in [0.4, 0.5) is 0 Å². The van der Waals surface area contributed by atoms with Crippen molar-refractivity contribution in [3.05, 3.63) is 64.2 Å². The average molecular weight is 247 g/mol. The van der Waals surface area contributed by atoms with Crippen molar-refractivity contribution in [2.24, 2.45) is 0 Å². The minimum atomic E-state index is 0.569. The third-order valence-electron chi connectivity index (χ3n) is 2.80. The second-order valence-corrected chi connectivity index (χ2v) is 4.60. The lowest BCUT2D eigenvalue weighted by molar-refractivity contribution is 0.306. The van der Waals surface area contributed by atoms with E-state index in [4.69, 9.17) is 16.3 Å². The van der Waals surface area contributed by atoms with Crippen molar-refractivity contribution in [1.29, 1.82) is 0 Å². The Hall–Kier alpha value is -1.47. The fourth-order valence-corrected chi connectivity index (χ4v) is 1.68. The van der Waals surface area contributed by atoms with Gasteiger partial charge in [0.15, 0.2) is 0 Å². The summed E-state index contributed by atoms with van der Waals surface area (Å²) in [4.78, 5) is 0. The summed E-state index contributed by atoms with van der Waals surface area (Å²) in [5.41, 5.74) is 3.65. The molecule has 0 unspecified atom stereocenters. The smallest absolute Gasteiger partial charge is 0.120 e. The number of hydrogen-bond donors (Lipinski definition) is 0. The highest BCUT2D eigenvalue weighted by Gasteiger charge is 1.98. The Morgan fingerprint density at radius 3 is 2.29 bits per heavy atom. The summed E-state index contributed by atoms with van der Waals surface area (Å²) in [5, 5.41) is 0.750. The van der Waals surface area contributed by atoms with Gasteiger partial charge >= 0.3 is 0 Å². The van der Waals surface area contributed by atoms with Crippen LogP contribution >= 0.6 is 11.6 Å². The summed E-state index contributed by atoms with van der Waals surface area (Å²) in [6, 6.07) is 13.8. The molecular formula is C15H15ClO. The Morgan fingerprint density at radius 1 is 0.941 bits per heavy atom. The van der Waals surface area contributed by atoms with Crippen molar-refractivity contribution < 1.29 is 4.74 Å². The van der Waals surface area contributed by atoms with E-state index in [1.165, 1.54) is 11.1 Å². The predicted molar refractivity (Wildman–Crippen MR) is 71.7 cm³/mol. The normalized spacial score (nSPS) is 10.3. The molecule has 0 aliphatic heterocycles. The van der Waals surface area contributed by atoms with Crippen LogP contribution in [0.25, 0.3) is 0 Å². The summed E-state index contributed by atoms with van der Waals surface area (Å²) in [7, 11) is 0. The van der Waals surface area contributed by atoms with E-state index in [-0.39, 0.29) is 0 Å². The maximum absolute atomic E-state index is 5.83. The lowest BCUT2D eigenvalue weighted by atomic mass is 10.1. The molecule has 0 spiro atoms. The monoisotopic (exact) mass is 246 g/mol. The van der Waals surface area contributed by atoms with Gasteiger partial charge in [-0.2, -0.15) is 0 Å². The van der Waals surface area contributed by atoms with Gasteiger partial charge in [0.05, 0.1) is 0 Å². The summed E-state index contributed by atoms with van der Waals surface area (Å²) in [6.07, 6.45) is 0. The molecule has 0 saturated carbocycles. The molecule has 0 amide bonds. The fourth-order valence-electron chi connectivity index (χ4n) is 1.55. The summed E-state index contributed by atoms with van der Waals surface area (Å²) >= 11 is 5.83. The Balaban J connectivity index is 2.02. The van der Waals surface area contributed by atoms with Crippen LogP contribution in [0.3, 0.4) is 0 Å². The van der Waals surface area contributed by atoms with Crippen molar-refractivity contribution in [1.82, 2.24) is 0 Å². The SMILES string of the molecule is Cc1ccc(OCc2ccc(Cl)cc2)cc1C. The minimum Gasteiger partial charge on any atom is -0.489 e. The molecule has 0 radical (unpaired) electrons. The quantitative estimate of drug-likeness (QED) is 0.773. The Labute approximate surface area is 107 Å². The number of benzene rings is 2. The average Bonchev–Trinajstić information content (AvgIpc) is 2.33. The van der Waals surface area contributed by atoms with Gasteiger partial charge in [-0.15, -0.1) is 0 Å². The van der Waals surface area contributed by atoms with E-state index in [1.807, 2.05) is 30.3 Å². The molecule has 0 aliphatic carbocycles. The molecule has 0 N–H and O–H groups in total. The van der Waals surface area contributed by atoms with Crippen molar-refractivity contribution in [2.45, 2.75) is 20.5 Å². The van der Waals surface area contributed by atoms with Crippen molar-refractivity contribution >= 4 is 11.6 Å². The maximum Gasteiger partial charge on any atom is 0.120 e. The van der Waals surface area contributed by atoms with Gasteiger partial charge in [-0.3, -0.25) is 0 Å². The molecule has 0 heterocycles. The molecule has 2 heteroatoms. The first-order chi connectivity index (χ1) is 8.15. The van der Waals surface area contributed by atoms with Gasteiger partial charge in [0, 0.05) is 5.02 Å². The van der Waals surface area contributed by atoms with E-state index in [2.05, 4.69) is 26.0 Å². The maximum atomic E-state index is 5.83. The van der Waals surface area contributed by atoms with E-state index in [0.29, 0.717) is 6.61 Å². The second kappa shape index (κ2) is 5.24. The van der Waals surface area contributed by atoms with Crippen LogP contribution < -0.4 is 4.74 Å². The van der Waals surface area contributed by atoms with E-state index < -0.39 is 0 Å². The van der Waals surface area contributed by atoms with Gasteiger partial charge in [-0.1, -0.05) is 29.8 Å². The van der Waals surface area contributed by atoms with Gasteiger partial charge < -0.3 is 4.74 Å². The molecule has 0 fully saturated rings. The highest BCUT2D eigenvalue weighted by atomic mass is 35.5. The molecule has 0 bridgehead atoms. The first-order valence-corrected chi connectivity index (χ1v) is 5.97. The predicted octanol–water partition coefficient (Wildman–Crippen LogP) is 4.54. The van der Waals surface area contributed by atoms with Crippen molar-refractivity contribution in [3.63, 3.8) is 0 Å². The van der Waals surface area contributed by atoms with Crippen LogP contribution in [-0.2, 0) is 6.61 Å². The zero-order valence-electron chi connectivity index (χ0n) is 10.0. The number of ether oxygens (including phenoxy) is 1. The number of rotatable bonds is 3. The first-order valence-electron chi connectivity index (χ1n) is 5.59. The highest BCUT2D eigenvalue weighted by Crippen LogP contribution is 2.18. The van der Waals surface area contributed by atoms with Gasteiger partial charge in [-0.05, 0) is 54.8 Å². The first kappa shape index (κ1) is 12.0. The fraction of sp³-hybridized carbons (Fsp3) is 0.200. The van der Waals surface area contributed by atoms with Gasteiger partial charge in [-0.25, -0.2) is 0 Å². The van der Waals surface area contributed by atoms with Crippen LogP contribution in [0, 0.1) is 13.8 Å². The van der Waals surface area contributed by atoms with Crippen molar-refractivity contribution in [3.8, 4) is 5.75 Å². The number of hydrogen-bond acceptors (Lipinski definition) is 1. The largest absolute Gasteiger partial charge is 0.489 e. The van der Waals surface area contributed by atoms with E-state index in [0.717, 1.165) is 16.3 Å². The topological polar surface area (TPSA) is 9.23 Å². The Bertz CT molecular complexity index is 503. The lowest BCUT2D eigenvalue weighted by Crippen LogP contribution is -1.95. The summed E-state index contributed by atoms with van der Waals surface area (Å²) < 4.78 is 5.72. The molecule has 0 aliphatic rings. The van der Waals surface area contributed by atoms with Crippen LogP contribution in [0.5, 0.6) is 5.75 Å². The lowest BCUT2D eigenvalue weighted by Gasteiger charge is -2.08. The molecular weight excluding hydrogens is 232 g/mol. The molecule has 1 nitrogen and oxygen atoms in total. The zero-order chi connectivity index (χ0) is 12.3. The van der Waals surface area contributed by atoms with Crippen LogP contribution in [0.2, 0.25) is 5.02 Å². The van der Waals surface area contributed by atoms with E-state index in [9.17, 15) is 0 Å². The Kier molecular flexibility index (Phi) is 3.70. The molecule has 0 atom stereocenters. The summed E-state index contributed by atoms with van der Waals surface area (Å²) in [5.74, 6) is 0.906. The van der Waals surface area contributed by atoms with Gasteiger partial charge in [0.1, 0.15) is 12.4 Å². The number of halogens is 1. The minimum absolute atomic E-state index is 0.569. The number of aryl methyl sites for hydroxylation is 2. The molecule has 17 heavy (non-hydrogen) atoms. The molecule has 0 saturated heterocycles. The molecule has 2 rings (SSSR count). The highest BCUT2D eigenvalue weighted by molar-refractivity contribution is 6.30. The van der Waals surface area contributed by atoms with Gasteiger partial charge in [0.25, 0.3) is 0 Å².